The molecule has 0 saturated heterocycles. The Morgan fingerprint density at radius 2 is 2.00 bits per heavy atom. The molecule has 1 heteroatoms. The Balaban J connectivity index is 3.90. The fraction of sp³-hybridized carbons (Fsp3) is 0.455. The maximum absolute atomic E-state index is 12.8. The molecule has 0 radical (unpaired) electrons. The Morgan fingerprint density at radius 1 is 1.33 bits per heavy atom. The van der Waals surface area contributed by atoms with Crippen molar-refractivity contribution in [2.45, 2.75) is 33.6 Å². The minimum Gasteiger partial charge on any atom is -0.207 e. The summed E-state index contributed by atoms with van der Waals surface area (Å²) in [6, 6.07) is 0. The van der Waals surface area contributed by atoms with Crippen molar-refractivity contribution in [3.63, 3.8) is 0 Å². The van der Waals surface area contributed by atoms with Crippen LogP contribution in [0.1, 0.15) is 33.6 Å². The summed E-state index contributed by atoms with van der Waals surface area (Å²) in [6.45, 7) is 6.00. The van der Waals surface area contributed by atoms with E-state index >= 15 is 0 Å². The molecule has 0 saturated carbocycles. The van der Waals surface area contributed by atoms with Crippen molar-refractivity contribution in [3.8, 4) is 0 Å². The van der Waals surface area contributed by atoms with E-state index in [1.165, 1.54) is 11.6 Å². The van der Waals surface area contributed by atoms with Crippen molar-refractivity contribution < 1.29 is 4.39 Å². The lowest BCUT2D eigenvalue weighted by atomic mass is 10.2. The number of rotatable bonds is 4. The van der Waals surface area contributed by atoms with Gasteiger partial charge in [-0.1, -0.05) is 31.1 Å². The zero-order valence-corrected chi connectivity index (χ0v) is 8.10. The van der Waals surface area contributed by atoms with Crippen molar-refractivity contribution >= 4 is 0 Å². The highest BCUT2D eigenvalue weighted by atomic mass is 19.1. The minimum absolute atomic E-state index is 0.144. The molecule has 0 aliphatic heterocycles. The van der Waals surface area contributed by atoms with Gasteiger partial charge in [0.1, 0.15) is 5.83 Å². The van der Waals surface area contributed by atoms with Crippen molar-refractivity contribution in [1.82, 2.24) is 0 Å². The number of halogens is 1. The van der Waals surface area contributed by atoms with Gasteiger partial charge >= 0.3 is 0 Å². The lowest BCUT2D eigenvalue weighted by Crippen LogP contribution is -1.67. The summed E-state index contributed by atoms with van der Waals surface area (Å²) in [4.78, 5) is 0. The lowest BCUT2D eigenvalue weighted by molar-refractivity contribution is 0.658. The summed E-state index contributed by atoms with van der Waals surface area (Å²) < 4.78 is 12.8. The third-order valence-electron chi connectivity index (χ3n) is 1.31. The van der Waals surface area contributed by atoms with Crippen LogP contribution in [0.2, 0.25) is 0 Å². The van der Waals surface area contributed by atoms with E-state index in [4.69, 9.17) is 0 Å². The van der Waals surface area contributed by atoms with Crippen LogP contribution in [0, 0.1) is 0 Å². The normalized spacial score (nSPS) is 12.2. The van der Waals surface area contributed by atoms with Crippen LogP contribution in [-0.2, 0) is 0 Å². The Kier molecular flexibility index (Phi) is 6.35. The maximum atomic E-state index is 12.8. The number of allylic oxidation sites excluding steroid dienone is 6. The van der Waals surface area contributed by atoms with E-state index in [2.05, 4.69) is 0 Å². The van der Waals surface area contributed by atoms with Gasteiger partial charge in [-0.3, -0.25) is 0 Å². The highest BCUT2D eigenvalue weighted by Gasteiger charge is 1.83. The Hall–Kier alpha value is -0.850. The van der Waals surface area contributed by atoms with Gasteiger partial charge in [-0.2, -0.15) is 0 Å². The summed E-state index contributed by atoms with van der Waals surface area (Å²) in [6.07, 6.45) is 8.52. The summed E-state index contributed by atoms with van der Waals surface area (Å²) in [7, 11) is 0. The molecule has 0 aromatic carbocycles. The average molecular weight is 168 g/mol. The molecule has 0 aromatic heterocycles. The van der Waals surface area contributed by atoms with Gasteiger partial charge in [0, 0.05) is 0 Å². The van der Waals surface area contributed by atoms with Crippen LogP contribution in [0.15, 0.2) is 35.7 Å². The van der Waals surface area contributed by atoms with E-state index in [0.717, 1.165) is 12.8 Å². The first-order valence-corrected chi connectivity index (χ1v) is 4.34. The Bertz CT molecular complexity index is 193. The number of hydrogen-bond donors (Lipinski definition) is 0. The first-order chi connectivity index (χ1) is 5.66. The van der Waals surface area contributed by atoms with Crippen molar-refractivity contribution in [2.75, 3.05) is 0 Å². The summed E-state index contributed by atoms with van der Waals surface area (Å²) in [5.41, 5.74) is 1.18. The molecule has 0 aliphatic carbocycles. The average Bonchev–Trinajstić information content (AvgIpc) is 2.00. The standard InChI is InChI=1S/C11H17F/c1-4-5-8-11(12)9-6-7-10(2)3/h6-9H,4-5H2,1-3H3/b9-6-,11-8+. The highest BCUT2D eigenvalue weighted by molar-refractivity contribution is 5.18. The molecule has 0 N–H and O–H groups in total. The Morgan fingerprint density at radius 3 is 2.50 bits per heavy atom. The first kappa shape index (κ1) is 11.2. The van der Waals surface area contributed by atoms with Crippen LogP contribution in [0.4, 0.5) is 4.39 Å². The minimum atomic E-state index is -0.144. The van der Waals surface area contributed by atoms with Crippen molar-refractivity contribution in [3.05, 3.63) is 35.7 Å². The molecule has 0 atom stereocenters. The van der Waals surface area contributed by atoms with E-state index in [-0.39, 0.29) is 5.83 Å². The van der Waals surface area contributed by atoms with Gasteiger partial charge in [0.15, 0.2) is 0 Å². The predicted octanol–water partition coefficient (Wildman–Crippen LogP) is 4.16. The third kappa shape index (κ3) is 7.26. The van der Waals surface area contributed by atoms with Gasteiger partial charge in [0.25, 0.3) is 0 Å². The van der Waals surface area contributed by atoms with E-state index in [1.807, 2.05) is 26.8 Å². The summed E-state index contributed by atoms with van der Waals surface area (Å²) in [5.74, 6) is -0.144. The van der Waals surface area contributed by atoms with E-state index in [9.17, 15) is 4.39 Å². The molecule has 0 spiro atoms. The van der Waals surface area contributed by atoms with Gasteiger partial charge in [-0.25, -0.2) is 4.39 Å². The molecule has 0 rings (SSSR count). The van der Waals surface area contributed by atoms with Gasteiger partial charge in [-0.15, -0.1) is 0 Å². The monoisotopic (exact) mass is 168 g/mol. The van der Waals surface area contributed by atoms with Crippen LogP contribution in [0.25, 0.3) is 0 Å². The topological polar surface area (TPSA) is 0 Å². The van der Waals surface area contributed by atoms with Crippen LogP contribution < -0.4 is 0 Å². The van der Waals surface area contributed by atoms with Crippen molar-refractivity contribution in [2.24, 2.45) is 0 Å². The van der Waals surface area contributed by atoms with E-state index in [1.54, 1.807) is 12.2 Å². The van der Waals surface area contributed by atoms with Gasteiger partial charge < -0.3 is 0 Å². The van der Waals surface area contributed by atoms with Gasteiger partial charge in [0.2, 0.25) is 0 Å². The molecule has 0 bridgehead atoms. The summed E-state index contributed by atoms with van der Waals surface area (Å²) >= 11 is 0. The molecule has 0 unspecified atom stereocenters. The quantitative estimate of drug-likeness (QED) is 0.553. The third-order valence-corrected chi connectivity index (χ3v) is 1.31. The molecular formula is C11H17F. The van der Waals surface area contributed by atoms with Crippen LogP contribution >= 0.6 is 0 Å². The molecule has 0 fully saturated rings. The molecule has 0 aromatic rings. The van der Waals surface area contributed by atoms with Gasteiger partial charge in [0.05, 0.1) is 0 Å². The number of unbranched alkanes of at least 4 members (excludes halogenated alkanes) is 1. The van der Waals surface area contributed by atoms with E-state index < -0.39 is 0 Å². The molecule has 68 valence electrons. The smallest absolute Gasteiger partial charge is 0.119 e. The predicted molar refractivity (Wildman–Crippen MR) is 52.7 cm³/mol. The Labute approximate surface area is 74.5 Å². The molecule has 0 nitrogen and oxygen atoms in total. The van der Waals surface area contributed by atoms with Gasteiger partial charge in [-0.05, 0) is 32.4 Å². The van der Waals surface area contributed by atoms with Crippen LogP contribution in [0.5, 0.6) is 0 Å². The maximum Gasteiger partial charge on any atom is 0.119 e. The van der Waals surface area contributed by atoms with Crippen LogP contribution in [-0.4, -0.2) is 0 Å². The fourth-order valence-electron chi connectivity index (χ4n) is 0.683. The SMILES string of the molecule is CCC/C=C(F)\C=C/C=C(C)C. The molecule has 0 aliphatic rings. The molecule has 12 heavy (non-hydrogen) atoms. The molecule has 0 amide bonds. The summed E-state index contributed by atoms with van der Waals surface area (Å²) in [5, 5.41) is 0. The number of hydrogen-bond acceptors (Lipinski definition) is 0. The second-order valence-electron chi connectivity index (χ2n) is 2.98. The lowest BCUT2D eigenvalue weighted by Gasteiger charge is -1.86. The second kappa shape index (κ2) is 6.84. The van der Waals surface area contributed by atoms with Crippen molar-refractivity contribution in [1.29, 1.82) is 0 Å². The van der Waals surface area contributed by atoms with E-state index in [0.29, 0.717) is 0 Å². The highest BCUT2D eigenvalue weighted by Crippen LogP contribution is 2.02. The zero-order chi connectivity index (χ0) is 9.40. The zero-order valence-electron chi connectivity index (χ0n) is 8.10. The largest absolute Gasteiger partial charge is 0.207 e. The van der Waals surface area contributed by atoms with Crippen LogP contribution in [0.3, 0.4) is 0 Å². The fourth-order valence-corrected chi connectivity index (χ4v) is 0.683. The molecule has 0 heterocycles. The first-order valence-electron chi connectivity index (χ1n) is 4.34. The second-order valence-corrected chi connectivity index (χ2v) is 2.98. The molecular weight excluding hydrogens is 151 g/mol.